The van der Waals surface area contributed by atoms with E-state index in [1.54, 1.807) is 23.8 Å². The van der Waals surface area contributed by atoms with E-state index in [0.29, 0.717) is 35.2 Å². The molecular weight excluding hydrogens is 388 g/mol. The SMILES string of the molecule is COCCNC(=O)c1cc(-c2ccccc2Cl)nc2cc(-c3ccccc3)nn12. The largest absolute Gasteiger partial charge is 0.383 e. The molecule has 0 atom stereocenters. The highest BCUT2D eigenvalue weighted by molar-refractivity contribution is 6.33. The van der Waals surface area contributed by atoms with E-state index in [-0.39, 0.29) is 5.91 Å². The Morgan fingerprint density at radius 2 is 1.83 bits per heavy atom. The lowest BCUT2D eigenvalue weighted by Gasteiger charge is -2.10. The van der Waals surface area contributed by atoms with Crippen molar-refractivity contribution < 1.29 is 9.53 Å². The highest BCUT2D eigenvalue weighted by atomic mass is 35.5. The van der Waals surface area contributed by atoms with Crippen LogP contribution < -0.4 is 5.32 Å². The van der Waals surface area contributed by atoms with Crippen molar-refractivity contribution in [2.24, 2.45) is 0 Å². The van der Waals surface area contributed by atoms with Crippen LogP contribution in [0.2, 0.25) is 5.02 Å². The Balaban J connectivity index is 1.86. The molecule has 1 N–H and O–H groups in total. The van der Waals surface area contributed by atoms with Gasteiger partial charge < -0.3 is 10.1 Å². The summed E-state index contributed by atoms with van der Waals surface area (Å²) in [6.07, 6.45) is 0. The van der Waals surface area contributed by atoms with E-state index in [1.807, 2.05) is 54.6 Å². The molecular formula is C22H19ClN4O2. The fourth-order valence-electron chi connectivity index (χ4n) is 3.05. The maximum absolute atomic E-state index is 12.9. The van der Waals surface area contributed by atoms with E-state index in [0.717, 1.165) is 16.8 Å². The van der Waals surface area contributed by atoms with Crippen molar-refractivity contribution >= 4 is 23.2 Å². The summed E-state index contributed by atoms with van der Waals surface area (Å²) in [6, 6.07) is 20.8. The molecule has 2 aromatic heterocycles. The molecule has 0 saturated heterocycles. The summed E-state index contributed by atoms with van der Waals surface area (Å²) in [5.41, 5.74) is 3.99. The summed E-state index contributed by atoms with van der Waals surface area (Å²) in [5, 5.41) is 8.03. The second kappa shape index (κ2) is 8.43. The molecule has 4 rings (SSSR count). The van der Waals surface area contributed by atoms with Crippen molar-refractivity contribution in [3.63, 3.8) is 0 Å². The van der Waals surface area contributed by atoms with Gasteiger partial charge in [-0.05, 0) is 12.1 Å². The summed E-state index contributed by atoms with van der Waals surface area (Å²) in [5.74, 6) is -0.259. The first-order chi connectivity index (χ1) is 14.2. The van der Waals surface area contributed by atoms with E-state index >= 15 is 0 Å². The van der Waals surface area contributed by atoms with Crippen LogP contribution in [0.4, 0.5) is 0 Å². The van der Waals surface area contributed by atoms with Gasteiger partial charge in [0, 0.05) is 35.9 Å². The van der Waals surface area contributed by atoms with Crippen LogP contribution >= 0.6 is 11.6 Å². The second-order valence-corrected chi connectivity index (χ2v) is 6.83. The zero-order chi connectivity index (χ0) is 20.2. The van der Waals surface area contributed by atoms with Gasteiger partial charge in [-0.15, -0.1) is 0 Å². The fraction of sp³-hybridized carbons (Fsp3) is 0.136. The number of nitrogens with one attached hydrogen (secondary N) is 1. The zero-order valence-corrected chi connectivity index (χ0v) is 16.6. The second-order valence-electron chi connectivity index (χ2n) is 6.42. The highest BCUT2D eigenvalue weighted by Gasteiger charge is 2.17. The van der Waals surface area contributed by atoms with Crippen molar-refractivity contribution in [2.75, 3.05) is 20.3 Å². The Labute approximate surface area is 173 Å². The van der Waals surface area contributed by atoms with Crippen LogP contribution in [0.5, 0.6) is 0 Å². The van der Waals surface area contributed by atoms with Crippen LogP contribution in [0.25, 0.3) is 28.2 Å². The van der Waals surface area contributed by atoms with E-state index in [9.17, 15) is 4.79 Å². The Morgan fingerprint density at radius 1 is 1.07 bits per heavy atom. The van der Waals surface area contributed by atoms with Crippen LogP contribution in [-0.2, 0) is 4.74 Å². The first-order valence-corrected chi connectivity index (χ1v) is 9.53. The number of hydrogen-bond acceptors (Lipinski definition) is 4. The molecule has 2 heterocycles. The molecule has 0 radical (unpaired) electrons. The van der Waals surface area contributed by atoms with Gasteiger partial charge in [-0.2, -0.15) is 5.10 Å². The highest BCUT2D eigenvalue weighted by Crippen LogP contribution is 2.28. The lowest BCUT2D eigenvalue weighted by Crippen LogP contribution is -2.29. The number of fused-ring (bicyclic) bond motifs is 1. The Kier molecular flexibility index (Phi) is 5.55. The van der Waals surface area contributed by atoms with Gasteiger partial charge in [-0.3, -0.25) is 4.79 Å². The summed E-state index contributed by atoms with van der Waals surface area (Å²) < 4.78 is 6.58. The predicted octanol–water partition coefficient (Wildman–Crippen LogP) is 4.09. The van der Waals surface area contributed by atoms with Crippen molar-refractivity contribution in [1.29, 1.82) is 0 Å². The van der Waals surface area contributed by atoms with Gasteiger partial charge in [-0.25, -0.2) is 9.50 Å². The minimum Gasteiger partial charge on any atom is -0.383 e. The molecule has 0 fully saturated rings. The smallest absolute Gasteiger partial charge is 0.270 e. The van der Waals surface area contributed by atoms with Crippen molar-refractivity contribution in [2.45, 2.75) is 0 Å². The Hall–Kier alpha value is -3.22. The number of ether oxygens (including phenoxy) is 1. The number of methoxy groups -OCH3 is 1. The van der Waals surface area contributed by atoms with Gasteiger partial charge in [-0.1, -0.05) is 60.1 Å². The number of nitrogens with zero attached hydrogens (tertiary/aromatic N) is 3. The maximum Gasteiger partial charge on any atom is 0.270 e. The number of halogens is 1. The maximum atomic E-state index is 12.9. The molecule has 0 aliphatic heterocycles. The van der Waals surface area contributed by atoms with Crippen LogP contribution in [0, 0.1) is 0 Å². The molecule has 4 aromatic rings. The van der Waals surface area contributed by atoms with Gasteiger partial charge >= 0.3 is 0 Å². The summed E-state index contributed by atoms with van der Waals surface area (Å²) in [4.78, 5) is 17.6. The van der Waals surface area contributed by atoms with E-state index < -0.39 is 0 Å². The molecule has 29 heavy (non-hydrogen) atoms. The number of carbonyl (C=O) groups excluding carboxylic acids is 1. The number of hydrogen-bond donors (Lipinski definition) is 1. The zero-order valence-electron chi connectivity index (χ0n) is 15.8. The Bertz CT molecular complexity index is 1160. The predicted molar refractivity (Wildman–Crippen MR) is 113 cm³/mol. The quantitative estimate of drug-likeness (QED) is 0.489. The van der Waals surface area contributed by atoms with Crippen LogP contribution in [0.1, 0.15) is 10.5 Å². The van der Waals surface area contributed by atoms with Crippen LogP contribution in [0.3, 0.4) is 0 Å². The van der Waals surface area contributed by atoms with Gasteiger partial charge in [0.25, 0.3) is 5.91 Å². The summed E-state index contributed by atoms with van der Waals surface area (Å²) >= 11 is 6.37. The minimum absolute atomic E-state index is 0.259. The first-order valence-electron chi connectivity index (χ1n) is 9.15. The van der Waals surface area contributed by atoms with Gasteiger partial charge in [0.05, 0.1) is 18.0 Å². The molecule has 0 unspecified atom stereocenters. The molecule has 0 aliphatic rings. The standard InChI is InChI=1S/C22H19ClN4O2/c1-29-12-11-24-22(28)20-13-19(16-9-5-6-10-17(16)23)25-21-14-18(26-27(20)21)15-7-3-2-4-8-15/h2-10,13-14H,11-12H2,1H3,(H,24,28). The molecule has 0 spiro atoms. The fourth-order valence-corrected chi connectivity index (χ4v) is 3.28. The lowest BCUT2D eigenvalue weighted by molar-refractivity contribution is 0.0929. The molecule has 6 nitrogen and oxygen atoms in total. The normalized spacial score (nSPS) is 11.0. The number of carbonyl (C=O) groups is 1. The molecule has 146 valence electrons. The van der Waals surface area contributed by atoms with Crippen molar-refractivity contribution in [1.82, 2.24) is 19.9 Å². The Morgan fingerprint density at radius 3 is 2.59 bits per heavy atom. The molecule has 0 aliphatic carbocycles. The number of amides is 1. The minimum atomic E-state index is -0.259. The number of benzene rings is 2. The summed E-state index contributed by atoms with van der Waals surface area (Å²) in [6.45, 7) is 0.819. The third-order valence-corrected chi connectivity index (χ3v) is 4.80. The van der Waals surface area contributed by atoms with Crippen LogP contribution in [0.15, 0.2) is 66.7 Å². The van der Waals surface area contributed by atoms with Crippen molar-refractivity contribution in [3.05, 3.63) is 77.4 Å². The van der Waals surface area contributed by atoms with E-state index in [4.69, 9.17) is 21.3 Å². The molecule has 2 aromatic carbocycles. The topological polar surface area (TPSA) is 68.5 Å². The first kappa shape index (κ1) is 19.1. The lowest BCUT2D eigenvalue weighted by atomic mass is 10.1. The average Bonchev–Trinajstić information content (AvgIpc) is 3.18. The molecule has 1 amide bonds. The summed E-state index contributed by atoms with van der Waals surface area (Å²) in [7, 11) is 1.59. The third-order valence-electron chi connectivity index (χ3n) is 4.47. The molecule has 7 heteroatoms. The number of rotatable bonds is 6. The van der Waals surface area contributed by atoms with Gasteiger partial charge in [0.1, 0.15) is 5.69 Å². The molecule has 0 saturated carbocycles. The number of aromatic nitrogens is 3. The van der Waals surface area contributed by atoms with Crippen LogP contribution in [-0.4, -0.2) is 40.8 Å². The average molecular weight is 407 g/mol. The van der Waals surface area contributed by atoms with E-state index in [2.05, 4.69) is 10.4 Å². The van der Waals surface area contributed by atoms with Gasteiger partial charge in [0.2, 0.25) is 0 Å². The molecule has 0 bridgehead atoms. The van der Waals surface area contributed by atoms with E-state index in [1.165, 1.54) is 0 Å². The third kappa shape index (κ3) is 3.99. The van der Waals surface area contributed by atoms with Gasteiger partial charge in [0.15, 0.2) is 5.65 Å². The van der Waals surface area contributed by atoms with Crippen molar-refractivity contribution in [3.8, 4) is 22.5 Å². The monoisotopic (exact) mass is 406 g/mol.